The van der Waals surface area contributed by atoms with E-state index < -0.39 is 29.8 Å². The molecule has 11 rings (SSSR count). The van der Waals surface area contributed by atoms with E-state index in [1.54, 1.807) is 18.2 Å². The van der Waals surface area contributed by atoms with E-state index in [9.17, 15) is 17.6 Å². The van der Waals surface area contributed by atoms with Crippen molar-refractivity contribution in [1.29, 1.82) is 0 Å². The average molecular weight is 1410 g/mol. The first-order chi connectivity index (χ1) is 46.3. The molecule has 0 bridgehead atoms. The Bertz CT molecular complexity index is 3420. The summed E-state index contributed by atoms with van der Waals surface area (Å²) in [5.41, 5.74) is 9.53. The normalized spacial score (nSPS) is 21.2. The van der Waals surface area contributed by atoms with E-state index in [0.717, 1.165) is 81.3 Å². The molecule has 4 fully saturated rings. The van der Waals surface area contributed by atoms with Crippen LogP contribution in [-0.2, 0) is 0 Å². The molecule has 7 aromatic rings. The minimum Gasteiger partial charge on any atom is -0.423 e. The summed E-state index contributed by atoms with van der Waals surface area (Å²) in [6, 6.07) is 48.4. The highest BCUT2D eigenvalue weighted by atomic mass is 79.9. The van der Waals surface area contributed by atoms with E-state index in [1.807, 2.05) is 48.5 Å². The van der Waals surface area contributed by atoms with Crippen molar-refractivity contribution in [3.63, 3.8) is 0 Å². The van der Waals surface area contributed by atoms with E-state index in [4.69, 9.17) is 15.2 Å². The molecule has 3 nitrogen and oxygen atoms in total. The summed E-state index contributed by atoms with van der Waals surface area (Å²) >= 11 is 3.42. The third kappa shape index (κ3) is 22.3. The lowest BCUT2D eigenvalue weighted by atomic mass is 9.75. The quantitative estimate of drug-likeness (QED) is 0.0496. The molecule has 0 spiro atoms. The molecule has 0 amide bonds. The third-order valence-corrected chi connectivity index (χ3v) is 28.1. The number of rotatable bonds is 21. The Hall–Kier alpha value is -4.88. The molecule has 4 aliphatic rings. The van der Waals surface area contributed by atoms with Gasteiger partial charge in [0.25, 0.3) is 0 Å². The first-order valence-electron chi connectivity index (χ1n) is 37.4. The lowest BCUT2D eigenvalue weighted by molar-refractivity contribution is 0.294. The predicted octanol–water partition coefficient (Wildman–Crippen LogP) is 23.0. The second-order valence-corrected chi connectivity index (χ2v) is 38.7. The van der Waals surface area contributed by atoms with Gasteiger partial charge in [-0.2, -0.15) is 0 Å². The van der Waals surface area contributed by atoms with Gasteiger partial charge in [0.15, 0.2) is 0 Å². The van der Waals surface area contributed by atoms with E-state index in [0.29, 0.717) is 34.8 Å². The first-order valence-corrected chi connectivity index (χ1v) is 44.3. The highest BCUT2D eigenvalue weighted by molar-refractivity contribution is 9.10. The van der Waals surface area contributed by atoms with Crippen LogP contribution in [0.25, 0.3) is 33.4 Å². The highest BCUT2D eigenvalue weighted by Gasteiger charge is 2.28. The molecular formula is C85H114BBrF4O3Si2. The lowest BCUT2D eigenvalue weighted by Gasteiger charge is -2.28. The summed E-state index contributed by atoms with van der Waals surface area (Å²) in [6.45, 7) is 18.6. The van der Waals surface area contributed by atoms with Crippen molar-refractivity contribution in [2.75, 3.05) is 6.61 Å². The fraction of sp³-hybridized carbons (Fsp3) is 0.506. The van der Waals surface area contributed by atoms with Gasteiger partial charge in [-0.05, 0) is 232 Å². The van der Waals surface area contributed by atoms with Crippen LogP contribution in [0.1, 0.15) is 234 Å². The summed E-state index contributed by atoms with van der Waals surface area (Å²) in [5, 5.41) is 30.0. The number of hydrogen-bond acceptors (Lipinski definition) is 3. The van der Waals surface area contributed by atoms with E-state index in [-0.39, 0.29) is 29.5 Å². The minimum absolute atomic E-state index is 0.0385. The van der Waals surface area contributed by atoms with Crippen LogP contribution in [0.4, 0.5) is 17.6 Å². The van der Waals surface area contributed by atoms with Crippen LogP contribution in [0.15, 0.2) is 150 Å². The second-order valence-electron chi connectivity index (χ2n) is 30.0. The van der Waals surface area contributed by atoms with Gasteiger partial charge < -0.3 is 15.2 Å². The predicted molar refractivity (Wildman–Crippen MR) is 410 cm³/mol. The Kier molecular flexibility index (Phi) is 30.9. The Morgan fingerprint density at radius 1 is 0.417 bits per heavy atom. The maximum Gasteiger partial charge on any atom is 0.491 e. The maximum atomic E-state index is 15.0. The third-order valence-electron chi connectivity index (χ3n) is 22.3. The average Bonchev–Trinajstić information content (AvgIpc) is 0.854. The van der Waals surface area contributed by atoms with Gasteiger partial charge in [-0.25, -0.2) is 17.6 Å². The molecule has 518 valence electrons. The molecule has 0 unspecified atom stereocenters. The summed E-state index contributed by atoms with van der Waals surface area (Å²) < 4.78 is 59.1. The van der Waals surface area contributed by atoms with Gasteiger partial charge in [-0.3, -0.25) is 0 Å². The second kappa shape index (κ2) is 38.6. The summed E-state index contributed by atoms with van der Waals surface area (Å²) in [4.78, 5) is 0. The Morgan fingerprint density at radius 2 is 0.719 bits per heavy atom. The van der Waals surface area contributed by atoms with Crippen molar-refractivity contribution >= 4 is 55.8 Å². The number of aliphatic hydroxyl groups is 1. The molecule has 0 radical (unpaired) electrons. The Balaban J connectivity index is 0.000000165. The van der Waals surface area contributed by atoms with E-state index >= 15 is 0 Å². The van der Waals surface area contributed by atoms with Crippen molar-refractivity contribution in [1.82, 2.24) is 0 Å². The molecule has 96 heavy (non-hydrogen) atoms. The molecule has 11 heteroatoms. The van der Waals surface area contributed by atoms with Crippen LogP contribution in [0.5, 0.6) is 0 Å². The zero-order valence-electron chi connectivity index (χ0n) is 59.5. The van der Waals surface area contributed by atoms with Crippen LogP contribution in [0.3, 0.4) is 0 Å². The molecule has 4 aliphatic carbocycles. The molecule has 3 N–H and O–H groups in total. The Morgan fingerprint density at radius 3 is 1.00 bits per heavy atom. The zero-order valence-corrected chi connectivity index (χ0v) is 63.2. The molecule has 0 saturated heterocycles. The molecule has 0 aliphatic heterocycles. The fourth-order valence-electron chi connectivity index (χ4n) is 16.3. The summed E-state index contributed by atoms with van der Waals surface area (Å²) in [7, 11) is -4.05. The molecule has 4 saturated carbocycles. The number of benzene rings is 7. The van der Waals surface area contributed by atoms with Crippen molar-refractivity contribution in [3.8, 4) is 33.4 Å². The molecule has 7 aromatic carbocycles. The lowest BCUT2D eigenvalue weighted by Crippen LogP contribution is -2.41. The maximum absolute atomic E-state index is 15.0. The van der Waals surface area contributed by atoms with E-state index in [1.165, 1.54) is 180 Å². The molecule has 0 aromatic heterocycles. The largest absolute Gasteiger partial charge is 0.491 e. The van der Waals surface area contributed by atoms with Gasteiger partial charge >= 0.3 is 7.12 Å². The number of halogens is 5. The van der Waals surface area contributed by atoms with Gasteiger partial charge in [-0.1, -0.05) is 247 Å². The van der Waals surface area contributed by atoms with Gasteiger partial charge in [0, 0.05) is 33.2 Å². The van der Waals surface area contributed by atoms with Gasteiger partial charge in [0.2, 0.25) is 0 Å². The minimum atomic E-state index is -1.73. The topological polar surface area (TPSA) is 60.7 Å². The van der Waals surface area contributed by atoms with Crippen molar-refractivity contribution < 1.29 is 32.7 Å². The van der Waals surface area contributed by atoms with Gasteiger partial charge in [-0.15, -0.1) is 0 Å². The van der Waals surface area contributed by atoms with Crippen LogP contribution in [-0.4, -0.2) is 45.8 Å². The van der Waals surface area contributed by atoms with Crippen molar-refractivity contribution in [2.24, 2.45) is 23.7 Å². The fourth-order valence-corrected chi connectivity index (χ4v) is 19.9. The van der Waals surface area contributed by atoms with Crippen molar-refractivity contribution in [3.05, 3.63) is 196 Å². The van der Waals surface area contributed by atoms with Crippen LogP contribution >= 0.6 is 15.9 Å². The van der Waals surface area contributed by atoms with Gasteiger partial charge in [0.1, 0.15) is 23.3 Å². The standard InChI is InChI=1S/C26H37FOSi.C23H31FSi.C21H24BrF.C15H22BFO2/c1-4-6-20-7-9-21(10-8-20)23-13-16-25(26(27)19-23)22-11-14-24(15-12-22)29(2,3)18-5-17-28;1-4-5-17-6-8-18(9-7-17)20-12-15-22(23(24)16-20)19-10-13-21(14-11-19)25(2)3;1-2-3-15-4-6-16(7-5-15)18-10-13-20(21(23)14-18)17-8-11-19(22)12-9-17;1-2-3-11-4-6-12(7-5-11)13-8-9-14(16(18)19)15(17)10-13/h11-16,19-21,28H,4-10,17-18H2,1-3H3;10-18,25H,4-9H2,1-3H3;8-16H,2-7H2,1H3;8-12,18-19H,2-7H2,1H3. The highest BCUT2D eigenvalue weighted by Crippen LogP contribution is 2.43. The summed E-state index contributed by atoms with van der Waals surface area (Å²) in [5.74, 6) is 4.77. The first kappa shape index (κ1) is 76.9. The monoisotopic (exact) mass is 1400 g/mol. The zero-order chi connectivity index (χ0) is 68.7. The van der Waals surface area contributed by atoms with Crippen LogP contribution in [0, 0.1) is 46.9 Å². The van der Waals surface area contributed by atoms with Crippen LogP contribution < -0.4 is 15.8 Å². The Labute approximate surface area is 588 Å². The summed E-state index contributed by atoms with van der Waals surface area (Å²) in [6.07, 6.45) is 31.0. The van der Waals surface area contributed by atoms with Gasteiger partial charge in [0.05, 0.1) is 16.9 Å². The van der Waals surface area contributed by atoms with Crippen molar-refractivity contribution in [2.45, 2.75) is 244 Å². The molecule has 0 atom stereocenters. The SMILES string of the molecule is CCCC1CCC(c2ccc(-c3ccc(Br)cc3)c(F)c2)CC1.CCCC1CCC(c2ccc(-c3ccc([SiH](C)C)cc3)c(F)c2)CC1.CCCC1CCC(c2ccc(-c3ccc([Si](C)(C)CCCO)cc3)c(F)c2)CC1.CCCC1CCC(c2ccc(B(O)O)c(F)c2)CC1. The molecular weight excluding hydrogens is 1290 g/mol. The van der Waals surface area contributed by atoms with E-state index in [2.05, 4.69) is 137 Å². The van der Waals surface area contributed by atoms with Crippen LogP contribution in [0.2, 0.25) is 32.2 Å². The number of hydrogen-bond donors (Lipinski definition) is 3. The number of aliphatic hydroxyl groups excluding tert-OH is 1. The smallest absolute Gasteiger partial charge is 0.423 e. The molecule has 0 heterocycles.